The number of aliphatic carboxylic acids is 1. The van der Waals surface area contributed by atoms with Crippen LogP contribution in [-0.4, -0.2) is 80.3 Å². The molecule has 1 heterocycles. The van der Waals surface area contributed by atoms with Gasteiger partial charge < -0.3 is 35.6 Å². The Bertz CT molecular complexity index is 408. The van der Waals surface area contributed by atoms with Crippen molar-refractivity contribution in [3.63, 3.8) is 0 Å². The number of carbonyl (C=O) groups is 2. The van der Waals surface area contributed by atoms with Crippen LogP contribution >= 0.6 is 0 Å². The third-order valence-corrected chi connectivity index (χ3v) is 3.18. The highest BCUT2D eigenvalue weighted by Gasteiger charge is 2.53. The molecule has 6 atom stereocenters. The SMILES string of the molecule is CC(=O)N[C@H]1[C@H]([C@H](O)[C@H](O)CF)O[C@@](O)(C(=O)O)[13CH2][C@@H]1O. The molecule has 1 aliphatic heterocycles. The topological polar surface area (TPSA) is 157 Å². The molecule has 6 N–H and O–H groups in total. The van der Waals surface area contributed by atoms with Gasteiger partial charge in [-0.05, 0) is 0 Å². The van der Waals surface area contributed by atoms with Crippen LogP contribution in [0.15, 0.2) is 0 Å². The summed E-state index contributed by atoms with van der Waals surface area (Å²) in [5.41, 5.74) is 0. The average molecular weight is 312 g/mol. The minimum Gasteiger partial charge on any atom is -0.477 e. The lowest BCUT2D eigenvalue weighted by molar-refractivity contribution is -0.294. The molecule has 0 aromatic carbocycles. The zero-order chi connectivity index (χ0) is 16.4. The maximum Gasteiger partial charge on any atom is 0.364 e. The van der Waals surface area contributed by atoms with E-state index in [9.17, 15) is 34.4 Å². The summed E-state index contributed by atoms with van der Waals surface area (Å²) in [6.45, 7) is -0.269. The first kappa shape index (κ1) is 17.7. The molecular weight excluding hydrogens is 294 g/mol. The monoisotopic (exact) mass is 312 g/mol. The Morgan fingerprint density at radius 2 is 2.05 bits per heavy atom. The summed E-state index contributed by atoms with van der Waals surface area (Å²) in [5, 5.41) is 49.8. The summed E-state index contributed by atoms with van der Waals surface area (Å²) in [4.78, 5) is 22.1. The summed E-state index contributed by atoms with van der Waals surface area (Å²) in [7, 11) is 0. The maximum absolute atomic E-state index is 12.4. The number of aliphatic hydroxyl groups excluding tert-OH is 3. The Morgan fingerprint density at radius 1 is 1.48 bits per heavy atom. The predicted molar refractivity (Wildman–Crippen MR) is 63.7 cm³/mol. The highest BCUT2D eigenvalue weighted by atomic mass is 19.1. The van der Waals surface area contributed by atoms with Gasteiger partial charge in [-0.25, -0.2) is 9.18 Å². The quantitative estimate of drug-likeness (QED) is 0.295. The zero-order valence-corrected chi connectivity index (χ0v) is 11.1. The molecule has 0 aromatic heterocycles. The molecule has 0 unspecified atom stereocenters. The summed E-state index contributed by atoms with van der Waals surface area (Å²) in [6, 6.07) is -1.32. The first-order chi connectivity index (χ1) is 9.62. The van der Waals surface area contributed by atoms with Crippen LogP contribution in [0.4, 0.5) is 4.39 Å². The van der Waals surface area contributed by atoms with Crippen molar-refractivity contribution >= 4 is 11.9 Å². The van der Waals surface area contributed by atoms with Gasteiger partial charge in [-0.1, -0.05) is 0 Å². The lowest BCUT2D eigenvalue weighted by atomic mass is 9.95. The van der Waals surface area contributed by atoms with Gasteiger partial charge in [0.1, 0.15) is 25.0 Å². The van der Waals surface area contributed by atoms with Crippen molar-refractivity contribution in [3.05, 3.63) is 0 Å². The number of rotatable bonds is 5. The summed E-state index contributed by atoms with van der Waals surface area (Å²) in [6.07, 6.45) is -7.98. The highest BCUT2D eigenvalue weighted by molar-refractivity contribution is 5.76. The Labute approximate surface area is 119 Å². The van der Waals surface area contributed by atoms with Gasteiger partial charge in [0.05, 0.1) is 12.1 Å². The number of nitrogens with one attached hydrogen (secondary N) is 1. The molecule has 0 bridgehead atoms. The third-order valence-electron chi connectivity index (χ3n) is 3.18. The van der Waals surface area contributed by atoms with E-state index < -0.39 is 61.2 Å². The van der Waals surface area contributed by atoms with Crippen LogP contribution in [0.1, 0.15) is 13.3 Å². The van der Waals surface area contributed by atoms with Crippen LogP contribution < -0.4 is 5.32 Å². The number of alkyl halides is 1. The number of carbonyl (C=O) groups excluding carboxylic acids is 1. The minimum absolute atomic E-state index is 0.629. The Morgan fingerprint density at radius 3 is 2.48 bits per heavy atom. The largest absolute Gasteiger partial charge is 0.477 e. The molecule has 21 heavy (non-hydrogen) atoms. The van der Waals surface area contributed by atoms with Crippen molar-refractivity contribution in [2.75, 3.05) is 6.67 Å². The lowest BCUT2D eigenvalue weighted by Crippen LogP contribution is -2.67. The molecule has 0 saturated carbocycles. The molecule has 0 aliphatic carbocycles. The second kappa shape index (κ2) is 6.62. The Balaban J connectivity index is 3.07. The zero-order valence-electron chi connectivity index (χ0n) is 11.1. The van der Waals surface area contributed by atoms with Gasteiger partial charge in [0, 0.05) is 13.3 Å². The highest BCUT2D eigenvalue weighted by Crippen LogP contribution is 2.30. The molecule has 0 aromatic rings. The van der Waals surface area contributed by atoms with Gasteiger partial charge in [-0.2, -0.15) is 0 Å². The molecule has 10 heteroatoms. The normalized spacial score (nSPS) is 35.8. The van der Waals surface area contributed by atoms with Crippen LogP contribution in [0.3, 0.4) is 0 Å². The van der Waals surface area contributed by atoms with Crippen molar-refractivity contribution in [1.82, 2.24) is 5.32 Å². The van der Waals surface area contributed by atoms with Crippen molar-refractivity contribution in [2.45, 2.75) is 49.6 Å². The van der Waals surface area contributed by atoms with E-state index in [4.69, 9.17) is 9.84 Å². The second-order valence-corrected chi connectivity index (χ2v) is 4.88. The third kappa shape index (κ3) is 3.86. The fraction of sp³-hybridized carbons (Fsp3) is 0.818. The van der Waals surface area contributed by atoms with Crippen LogP contribution in [-0.2, 0) is 14.3 Å². The number of aliphatic hydroxyl groups is 4. The molecule has 122 valence electrons. The Hall–Kier alpha value is -1.33. The van der Waals surface area contributed by atoms with Gasteiger partial charge in [-0.15, -0.1) is 0 Å². The number of carboxylic acid groups (broad SMARTS) is 1. The first-order valence-electron chi connectivity index (χ1n) is 6.13. The van der Waals surface area contributed by atoms with Crippen molar-refractivity contribution in [2.24, 2.45) is 0 Å². The van der Waals surface area contributed by atoms with Crippen molar-refractivity contribution in [3.8, 4) is 0 Å². The summed E-state index contributed by atoms with van der Waals surface area (Å²) < 4.78 is 17.2. The van der Waals surface area contributed by atoms with Crippen LogP contribution in [0.25, 0.3) is 0 Å². The molecular formula is C11H18FNO8. The van der Waals surface area contributed by atoms with E-state index in [2.05, 4.69) is 5.32 Å². The van der Waals surface area contributed by atoms with Crippen LogP contribution in [0.2, 0.25) is 0 Å². The molecule has 1 amide bonds. The van der Waals surface area contributed by atoms with Crippen LogP contribution in [0, 0.1) is 0 Å². The number of ether oxygens (including phenoxy) is 1. The summed E-state index contributed by atoms with van der Waals surface area (Å²) >= 11 is 0. The van der Waals surface area contributed by atoms with Gasteiger partial charge in [0.2, 0.25) is 5.91 Å². The molecule has 1 fully saturated rings. The Kier molecular flexibility index (Phi) is 5.59. The van der Waals surface area contributed by atoms with Crippen molar-refractivity contribution in [1.29, 1.82) is 0 Å². The van der Waals surface area contributed by atoms with Gasteiger partial charge in [0.25, 0.3) is 5.79 Å². The smallest absolute Gasteiger partial charge is 0.364 e. The maximum atomic E-state index is 12.4. The first-order valence-corrected chi connectivity index (χ1v) is 6.13. The van der Waals surface area contributed by atoms with E-state index in [1.54, 1.807) is 0 Å². The molecule has 9 nitrogen and oxygen atoms in total. The second-order valence-electron chi connectivity index (χ2n) is 4.88. The molecule has 0 spiro atoms. The predicted octanol–water partition coefficient (Wildman–Crippen LogP) is -2.89. The molecule has 1 aliphatic rings. The number of hydrogen-bond acceptors (Lipinski definition) is 7. The van der Waals surface area contributed by atoms with Crippen LogP contribution in [0.5, 0.6) is 0 Å². The van der Waals surface area contributed by atoms with Gasteiger partial charge in [-0.3, -0.25) is 4.79 Å². The van der Waals surface area contributed by atoms with E-state index in [0.717, 1.165) is 6.92 Å². The molecule has 0 radical (unpaired) electrons. The fourth-order valence-electron chi connectivity index (χ4n) is 2.12. The summed E-state index contributed by atoms with van der Waals surface area (Å²) in [5.74, 6) is -5.28. The lowest BCUT2D eigenvalue weighted by Gasteiger charge is -2.44. The van der Waals surface area contributed by atoms with E-state index in [1.807, 2.05) is 0 Å². The molecule has 1 rings (SSSR count). The number of carboxylic acids is 1. The van der Waals surface area contributed by atoms with E-state index in [1.165, 1.54) is 0 Å². The average Bonchev–Trinajstić information content (AvgIpc) is 2.39. The number of halogens is 1. The van der Waals surface area contributed by atoms with E-state index >= 15 is 0 Å². The van der Waals surface area contributed by atoms with Crippen molar-refractivity contribution < 1.29 is 44.2 Å². The van der Waals surface area contributed by atoms with Gasteiger partial charge >= 0.3 is 5.97 Å². The van der Waals surface area contributed by atoms with E-state index in [-0.39, 0.29) is 0 Å². The minimum atomic E-state index is -2.82. The number of amides is 1. The van der Waals surface area contributed by atoms with Gasteiger partial charge in [0.15, 0.2) is 0 Å². The standard InChI is InChI=1S/C11H18FNO8/c1-4(14)13-7-5(15)2-11(20,10(18)19)21-9(7)8(17)6(16)3-12/h5-9,15-17,20H,2-3H2,1H3,(H,13,14)(H,18,19)/t5-,6+,7+,8+,9+,11+/m0/s1/i2+1. The van der Waals surface area contributed by atoms with E-state index in [0.29, 0.717) is 0 Å². The molecule has 1 saturated heterocycles. The number of hydrogen-bond donors (Lipinski definition) is 6. The fourth-order valence-corrected chi connectivity index (χ4v) is 2.12.